The zero-order valence-electron chi connectivity index (χ0n) is 14.8. The highest BCUT2D eigenvalue weighted by Gasteiger charge is 2.29. The fourth-order valence-corrected chi connectivity index (χ4v) is 3.55. The molecule has 0 spiro atoms. The van der Waals surface area contributed by atoms with Gasteiger partial charge in [0.05, 0.1) is 11.4 Å². The second kappa shape index (κ2) is 7.05. The van der Waals surface area contributed by atoms with Crippen LogP contribution in [0.3, 0.4) is 0 Å². The fourth-order valence-electron chi connectivity index (χ4n) is 2.91. The lowest BCUT2D eigenvalue weighted by Gasteiger charge is -2.06. The molecule has 1 aliphatic rings. The summed E-state index contributed by atoms with van der Waals surface area (Å²) in [6.07, 6.45) is 2.21. The Kier molecular flexibility index (Phi) is 4.25. The normalized spacial score (nSPS) is 13.6. The highest BCUT2D eigenvalue weighted by molar-refractivity contribution is 7.08. The molecule has 4 aromatic rings. The van der Waals surface area contributed by atoms with Crippen molar-refractivity contribution in [3.63, 3.8) is 0 Å². The van der Waals surface area contributed by atoms with Gasteiger partial charge in [0.2, 0.25) is 5.82 Å². The lowest BCUT2D eigenvalue weighted by atomic mass is 10.2. The van der Waals surface area contributed by atoms with Gasteiger partial charge in [0.25, 0.3) is 5.89 Å². The van der Waals surface area contributed by atoms with Gasteiger partial charge in [-0.1, -0.05) is 23.4 Å². The van der Waals surface area contributed by atoms with E-state index < -0.39 is 5.97 Å². The second-order valence-corrected chi connectivity index (χ2v) is 7.36. The Morgan fingerprint density at radius 1 is 1.25 bits per heavy atom. The third-order valence-electron chi connectivity index (χ3n) is 4.51. The molecule has 1 aliphatic carbocycles. The van der Waals surface area contributed by atoms with Crippen molar-refractivity contribution < 1.29 is 14.1 Å². The summed E-state index contributed by atoms with van der Waals surface area (Å²) in [4.78, 5) is 17.0. The molecule has 1 aromatic carbocycles. The van der Waals surface area contributed by atoms with Gasteiger partial charge in [-0.3, -0.25) is 0 Å². The summed E-state index contributed by atoms with van der Waals surface area (Å²) in [7, 11) is 0. The van der Waals surface area contributed by atoms with Gasteiger partial charge in [-0.15, -0.1) is 0 Å². The first kappa shape index (κ1) is 16.9. The van der Waals surface area contributed by atoms with Crippen LogP contribution in [0.25, 0.3) is 17.1 Å². The van der Waals surface area contributed by atoms with Crippen molar-refractivity contribution in [3.05, 3.63) is 70.5 Å². The van der Waals surface area contributed by atoms with Crippen LogP contribution < -0.4 is 0 Å². The van der Waals surface area contributed by atoms with Crippen LogP contribution in [0.2, 0.25) is 0 Å². The maximum Gasteiger partial charge on any atom is 0.357 e. The lowest BCUT2D eigenvalue weighted by Crippen LogP contribution is -2.12. The molecule has 0 atom stereocenters. The van der Waals surface area contributed by atoms with E-state index in [4.69, 9.17) is 9.26 Å². The minimum atomic E-state index is -0.474. The SMILES string of the molecule is O=C(OCc1nc(-c2ccsc2)no1)c1cc(C2CC2)nn1-c1ccccc1. The van der Waals surface area contributed by atoms with E-state index in [0.717, 1.165) is 29.8 Å². The molecule has 1 fully saturated rings. The van der Waals surface area contributed by atoms with Crippen LogP contribution in [0.5, 0.6) is 0 Å². The van der Waals surface area contributed by atoms with Crippen molar-refractivity contribution in [2.24, 2.45) is 0 Å². The monoisotopic (exact) mass is 392 g/mol. The Morgan fingerprint density at radius 2 is 2.11 bits per heavy atom. The lowest BCUT2D eigenvalue weighted by molar-refractivity contribution is 0.0419. The minimum absolute atomic E-state index is 0.0886. The number of benzene rings is 1. The standard InChI is InChI=1S/C20H16N4O3S/c25-20(26-11-18-21-19(23-27-18)14-8-9-28-12-14)17-10-16(13-6-7-13)22-24(17)15-4-2-1-3-5-15/h1-5,8-10,12-13H,6-7,11H2. The van der Waals surface area contributed by atoms with E-state index in [1.807, 2.05) is 53.2 Å². The molecule has 5 rings (SSSR count). The largest absolute Gasteiger partial charge is 0.451 e. The highest BCUT2D eigenvalue weighted by Crippen LogP contribution is 2.39. The molecule has 7 nitrogen and oxygen atoms in total. The van der Waals surface area contributed by atoms with Crippen LogP contribution in [0.1, 0.15) is 40.8 Å². The van der Waals surface area contributed by atoms with Gasteiger partial charge in [0, 0.05) is 16.9 Å². The summed E-state index contributed by atoms with van der Waals surface area (Å²) in [6.45, 7) is -0.0886. The Hall–Kier alpha value is -3.26. The number of carbonyl (C=O) groups is 1. The van der Waals surface area contributed by atoms with Gasteiger partial charge in [-0.05, 0) is 42.5 Å². The summed E-state index contributed by atoms with van der Waals surface area (Å²) >= 11 is 1.55. The van der Waals surface area contributed by atoms with Crippen LogP contribution in [0.15, 0.2) is 57.7 Å². The van der Waals surface area contributed by atoms with Crippen LogP contribution in [-0.4, -0.2) is 25.9 Å². The van der Waals surface area contributed by atoms with Crippen molar-refractivity contribution in [2.45, 2.75) is 25.4 Å². The molecule has 0 amide bonds. The number of aromatic nitrogens is 4. The zero-order valence-corrected chi connectivity index (χ0v) is 15.6. The summed E-state index contributed by atoms with van der Waals surface area (Å²) in [5.41, 5.74) is 3.01. The molecule has 0 N–H and O–H groups in total. The molecule has 0 saturated heterocycles. The molecule has 0 unspecified atom stereocenters. The number of ether oxygens (including phenoxy) is 1. The molecule has 0 bridgehead atoms. The number of hydrogen-bond donors (Lipinski definition) is 0. The topological polar surface area (TPSA) is 83.0 Å². The maximum atomic E-state index is 12.7. The minimum Gasteiger partial charge on any atom is -0.451 e. The Bertz CT molecular complexity index is 1100. The summed E-state index contributed by atoms with van der Waals surface area (Å²) in [5, 5.41) is 12.4. The first-order valence-corrected chi connectivity index (χ1v) is 9.90. The van der Waals surface area contributed by atoms with Crippen LogP contribution in [-0.2, 0) is 11.3 Å². The average Bonchev–Trinajstić information content (AvgIpc) is 3.16. The number of rotatable bonds is 6. The Balaban J connectivity index is 1.35. The molecule has 140 valence electrons. The van der Waals surface area contributed by atoms with Gasteiger partial charge >= 0.3 is 5.97 Å². The zero-order chi connectivity index (χ0) is 18.9. The first-order valence-electron chi connectivity index (χ1n) is 8.95. The van der Waals surface area contributed by atoms with E-state index in [1.54, 1.807) is 16.0 Å². The van der Waals surface area contributed by atoms with Gasteiger partial charge < -0.3 is 9.26 Å². The summed E-state index contributed by atoms with van der Waals surface area (Å²) in [6, 6.07) is 13.3. The van der Waals surface area contributed by atoms with Crippen molar-refractivity contribution in [3.8, 4) is 17.1 Å². The molecular weight excluding hydrogens is 376 g/mol. The van der Waals surface area contributed by atoms with Crippen LogP contribution >= 0.6 is 11.3 Å². The first-order chi connectivity index (χ1) is 13.8. The van der Waals surface area contributed by atoms with Crippen molar-refractivity contribution in [1.29, 1.82) is 0 Å². The van der Waals surface area contributed by atoms with E-state index in [9.17, 15) is 4.79 Å². The van der Waals surface area contributed by atoms with Gasteiger partial charge in [-0.2, -0.15) is 21.4 Å². The second-order valence-electron chi connectivity index (χ2n) is 6.58. The summed E-state index contributed by atoms with van der Waals surface area (Å²) in [5.74, 6) is 0.694. The van der Waals surface area contributed by atoms with E-state index in [0.29, 0.717) is 17.4 Å². The number of thiophene rings is 1. The molecule has 0 radical (unpaired) electrons. The molecule has 8 heteroatoms. The maximum absolute atomic E-state index is 12.7. The number of nitrogens with zero attached hydrogens (tertiary/aromatic N) is 4. The third kappa shape index (κ3) is 3.34. The average molecular weight is 392 g/mol. The van der Waals surface area contributed by atoms with Crippen molar-refractivity contribution >= 4 is 17.3 Å². The third-order valence-corrected chi connectivity index (χ3v) is 5.19. The Morgan fingerprint density at radius 3 is 2.86 bits per heavy atom. The van der Waals surface area contributed by atoms with E-state index in [1.165, 1.54) is 0 Å². The Labute approximate surface area is 164 Å². The smallest absolute Gasteiger partial charge is 0.357 e. The van der Waals surface area contributed by atoms with Crippen LogP contribution in [0, 0.1) is 0 Å². The van der Waals surface area contributed by atoms with Gasteiger partial charge in [-0.25, -0.2) is 9.48 Å². The van der Waals surface area contributed by atoms with Crippen molar-refractivity contribution in [2.75, 3.05) is 0 Å². The number of esters is 1. The van der Waals surface area contributed by atoms with Gasteiger partial charge in [0.1, 0.15) is 0 Å². The molecule has 1 saturated carbocycles. The number of para-hydroxylation sites is 1. The number of carbonyl (C=O) groups excluding carboxylic acids is 1. The predicted octanol–water partition coefficient (Wildman–Crippen LogP) is 4.22. The molecule has 3 aromatic heterocycles. The molecule has 28 heavy (non-hydrogen) atoms. The van der Waals surface area contributed by atoms with E-state index in [-0.39, 0.29) is 12.5 Å². The quantitative estimate of drug-likeness (QED) is 0.457. The van der Waals surface area contributed by atoms with E-state index in [2.05, 4.69) is 15.2 Å². The molecule has 0 aliphatic heterocycles. The van der Waals surface area contributed by atoms with Gasteiger partial charge in [0.15, 0.2) is 12.3 Å². The van der Waals surface area contributed by atoms with Crippen molar-refractivity contribution in [1.82, 2.24) is 19.9 Å². The number of hydrogen-bond acceptors (Lipinski definition) is 7. The predicted molar refractivity (Wildman–Crippen MR) is 102 cm³/mol. The molecular formula is C20H16N4O3S. The summed E-state index contributed by atoms with van der Waals surface area (Å²) < 4.78 is 12.3. The highest BCUT2D eigenvalue weighted by atomic mass is 32.1. The molecule has 3 heterocycles. The van der Waals surface area contributed by atoms with E-state index >= 15 is 0 Å². The fraction of sp³-hybridized carbons (Fsp3) is 0.200. The van der Waals surface area contributed by atoms with Crippen LogP contribution in [0.4, 0.5) is 0 Å².